The summed E-state index contributed by atoms with van der Waals surface area (Å²) in [5.41, 5.74) is 0. The molecule has 0 heterocycles. The van der Waals surface area contributed by atoms with Crippen molar-refractivity contribution in [2.24, 2.45) is 11.8 Å². The molecule has 0 bridgehead atoms. The van der Waals surface area contributed by atoms with Crippen molar-refractivity contribution in [2.75, 3.05) is 13.1 Å². The van der Waals surface area contributed by atoms with Gasteiger partial charge >= 0.3 is 0 Å². The maximum Gasteiger partial charge on any atom is 0.233 e. The fraction of sp³-hybridized carbons (Fsp3) is 0.929. The summed E-state index contributed by atoms with van der Waals surface area (Å²) in [6, 6.07) is 0.427. The van der Waals surface area contributed by atoms with Crippen molar-refractivity contribution in [2.45, 2.75) is 58.9 Å². The predicted octanol–water partition coefficient (Wildman–Crippen LogP) is 2.32. The molecule has 1 aliphatic rings. The smallest absolute Gasteiger partial charge is 0.233 e. The number of hydrogen-bond donors (Lipinski definition) is 2. The Kier molecular flexibility index (Phi) is 6.56. The van der Waals surface area contributed by atoms with Crippen LogP contribution in [-0.2, 0) is 4.79 Å². The summed E-state index contributed by atoms with van der Waals surface area (Å²) in [6.07, 6.45) is 6.27. The van der Waals surface area contributed by atoms with Crippen LogP contribution in [0.1, 0.15) is 52.9 Å². The highest BCUT2D eigenvalue weighted by atomic mass is 16.1. The molecular formula is C14H28N2O. The SMILES string of the molecule is CCC(C)NCC(=O)NCC1CCC(C)CC1. The second kappa shape index (κ2) is 7.70. The minimum Gasteiger partial charge on any atom is -0.355 e. The van der Waals surface area contributed by atoms with E-state index in [-0.39, 0.29) is 5.91 Å². The summed E-state index contributed by atoms with van der Waals surface area (Å²) in [4.78, 5) is 11.6. The summed E-state index contributed by atoms with van der Waals surface area (Å²) < 4.78 is 0. The zero-order chi connectivity index (χ0) is 12.7. The van der Waals surface area contributed by atoms with Gasteiger partial charge < -0.3 is 10.6 Å². The number of amides is 1. The van der Waals surface area contributed by atoms with E-state index in [2.05, 4.69) is 31.4 Å². The van der Waals surface area contributed by atoms with E-state index < -0.39 is 0 Å². The third-order valence-electron chi connectivity index (χ3n) is 3.95. The fourth-order valence-electron chi connectivity index (χ4n) is 2.27. The van der Waals surface area contributed by atoms with Crippen molar-refractivity contribution in [1.29, 1.82) is 0 Å². The summed E-state index contributed by atoms with van der Waals surface area (Å²) in [5.74, 6) is 1.73. The van der Waals surface area contributed by atoms with Gasteiger partial charge in [0.15, 0.2) is 0 Å². The van der Waals surface area contributed by atoms with Gasteiger partial charge in [0.1, 0.15) is 0 Å². The van der Waals surface area contributed by atoms with Crippen LogP contribution in [-0.4, -0.2) is 25.0 Å². The van der Waals surface area contributed by atoms with Gasteiger partial charge in [0.05, 0.1) is 6.54 Å². The van der Waals surface area contributed by atoms with Crippen molar-refractivity contribution in [3.63, 3.8) is 0 Å². The van der Waals surface area contributed by atoms with Gasteiger partial charge in [-0.1, -0.05) is 26.7 Å². The Labute approximate surface area is 106 Å². The van der Waals surface area contributed by atoms with E-state index in [9.17, 15) is 4.79 Å². The van der Waals surface area contributed by atoms with Crippen LogP contribution in [0.5, 0.6) is 0 Å². The van der Waals surface area contributed by atoms with Crippen molar-refractivity contribution in [1.82, 2.24) is 10.6 Å². The molecule has 1 amide bonds. The van der Waals surface area contributed by atoms with E-state index in [0.717, 1.165) is 18.9 Å². The van der Waals surface area contributed by atoms with E-state index >= 15 is 0 Å². The first kappa shape index (κ1) is 14.5. The average Bonchev–Trinajstić information content (AvgIpc) is 2.35. The van der Waals surface area contributed by atoms with E-state index in [1.54, 1.807) is 0 Å². The van der Waals surface area contributed by atoms with Gasteiger partial charge in [0, 0.05) is 12.6 Å². The van der Waals surface area contributed by atoms with Crippen molar-refractivity contribution in [3.8, 4) is 0 Å². The number of hydrogen-bond acceptors (Lipinski definition) is 2. The van der Waals surface area contributed by atoms with Gasteiger partial charge in [-0.3, -0.25) is 4.79 Å². The van der Waals surface area contributed by atoms with Crippen LogP contribution in [0.15, 0.2) is 0 Å². The van der Waals surface area contributed by atoms with Gasteiger partial charge in [-0.2, -0.15) is 0 Å². The first-order chi connectivity index (χ1) is 8.11. The molecule has 1 unspecified atom stereocenters. The Morgan fingerprint density at radius 2 is 1.94 bits per heavy atom. The molecule has 100 valence electrons. The van der Waals surface area contributed by atoms with Crippen LogP contribution in [0.25, 0.3) is 0 Å². The van der Waals surface area contributed by atoms with E-state index in [1.165, 1.54) is 25.7 Å². The summed E-state index contributed by atoms with van der Waals surface area (Å²) >= 11 is 0. The molecule has 2 N–H and O–H groups in total. The maximum absolute atomic E-state index is 11.6. The minimum absolute atomic E-state index is 0.143. The van der Waals surface area contributed by atoms with Crippen LogP contribution < -0.4 is 10.6 Å². The predicted molar refractivity (Wildman–Crippen MR) is 71.9 cm³/mol. The zero-order valence-electron chi connectivity index (χ0n) is 11.6. The summed E-state index contributed by atoms with van der Waals surface area (Å²) in [6.45, 7) is 7.88. The molecule has 0 aromatic heterocycles. The van der Waals surface area contributed by atoms with Crippen LogP contribution in [0.4, 0.5) is 0 Å². The molecule has 1 saturated carbocycles. The molecule has 0 saturated heterocycles. The van der Waals surface area contributed by atoms with Crippen LogP contribution in [0, 0.1) is 11.8 Å². The second-order valence-corrected chi connectivity index (χ2v) is 5.62. The Morgan fingerprint density at radius 1 is 1.29 bits per heavy atom. The Morgan fingerprint density at radius 3 is 2.53 bits per heavy atom. The molecular weight excluding hydrogens is 212 g/mol. The minimum atomic E-state index is 0.143. The number of carbonyl (C=O) groups excluding carboxylic acids is 1. The number of nitrogens with one attached hydrogen (secondary N) is 2. The Balaban J connectivity index is 2.07. The highest BCUT2D eigenvalue weighted by molar-refractivity contribution is 5.77. The summed E-state index contributed by atoms with van der Waals surface area (Å²) in [5, 5.41) is 6.26. The molecule has 0 spiro atoms. The topological polar surface area (TPSA) is 41.1 Å². The average molecular weight is 240 g/mol. The first-order valence-electron chi connectivity index (χ1n) is 7.11. The molecule has 0 radical (unpaired) electrons. The lowest BCUT2D eigenvalue weighted by molar-refractivity contribution is -0.120. The fourth-order valence-corrected chi connectivity index (χ4v) is 2.27. The van der Waals surface area contributed by atoms with Crippen molar-refractivity contribution < 1.29 is 4.79 Å². The maximum atomic E-state index is 11.6. The van der Waals surface area contributed by atoms with Crippen LogP contribution in [0.3, 0.4) is 0 Å². The Bertz CT molecular complexity index is 222. The van der Waals surface area contributed by atoms with E-state index in [1.807, 2.05) is 0 Å². The van der Waals surface area contributed by atoms with Crippen molar-refractivity contribution >= 4 is 5.91 Å². The summed E-state index contributed by atoms with van der Waals surface area (Å²) in [7, 11) is 0. The van der Waals surface area contributed by atoms with Gasteiger partial charge in [0.25, 0.3) is 0 Å². The molecule has 0 aromatic carbocycles. The van der Waals surface area contributed by atoms with Gasteiger partial charge in [-0.05, 0) is 38.0 Å². The first-order valence-corrected chi connectivity index (χ1v) is 7.11. The molecule has 0 aliphatic heterocycles. The highest BCUT2D eigenvalue weighted by Crippen LogP contribution is 2.27. The largest absolute Gasteiger partial charge is 0.355 e. The highest BCUT2D eigenvalue weighted by Gasteiger charge is 2.18. The van der Waals surface area contributed by atoms with Crippen LogP contribution >= 0.6 is 0 Å². The number of carbonyl (C=O) groups is 1. The molecule has 3 nitrogen and oxygen atoms in total. The lowest BCUT2D eigenvalue weighted by atomic mass is 9.83. The quantitative estimate of drug-likeness (QED) is 0.748. The molecule has 0 aromatic rings. The number of rotatable bonds is 6. The molecule has 1 rings (SSSR count). The van der Waals surface area contributed by atoms with Gasteiger partial charge in [-0.15, -0.1) is 0 Å². The van der Waals surface area contributed by atoms with Gasteiger partial charge in [-0.25, -0.2) is 0 Å². The Hall–Kier alpha value is -0.570. The molecule has 1 fully saturated rings. The third kappa shape index (κ3) is 6.06. The lowest BCUT2D eigenvalue weighted by Gasteiger charge is -2.26. The second-order valence-electron chi connectivity index (χ2n) is 5.62. The molecule has 3 heteroatoms. The van der Waals surface area contributed by atoms with Crippen LogP contribution in [0.2, 0.25) is 0 Å². The molecule has 1 aliphatic carbocycles. The monoisotopic (exact) mass is 240 g/mol. The van der Waals surface area contributed by atoms with Gasteiger partial charge in [0.2, 0.25) is 5.91 Å². The normalized spacial score (nSPS) is 26.5. The van der Waals surface area contributed by atoms with Crippen molar-refractivity contribution in [3.05, 3.63) is 0 Å². The van der Waals surface area contributed by atoms with E-state index in [0.29, 0.717) is 18.5 Å². The third-order valence-corrected chi connectivity index (χ3v) is 3.95. The zero-order valence-corrected chi connectivity index (χ0v) is 11.6. The lowest BCUT2D eigenvalue weighted by Crippen LogP contribution is -2.40. The van der Waals surface area contributed by atoms with E-state index in [4.69, 9.17) is 0 Å². The molecule has 17 heavy (non-hydrogen) atoms. The molecule has 1 atom stereocenters. The standard InChI is InChI=1S/C14H28N2O/c1-4-12(3)15-10-14(17)16-9-13-7-5-11(2)6-8-13/h11-13,15H,4-10H2,1-3H3,(H,16,17).